The maximum absolute atomic E-state index is 11.4. The molecule has 2 aromatic heterocycles. The molecule has 2 heterocycles. The van der Waals surface area contributed by atoms with Gasteiger partial charge in [0.05, 0.1) is 24.2 Å². The van der Waals surface area contributed by atoms with E-state index in [9.17, 15) is 4.79 Å². The highest BCUT2D eigenvalue weighted by Gasteiger charge is 2.19. The molecule has 0 spiro atoms. The fourth-order valence-corrected chi connectivity index (χ4v) is 2.42. The second kappa shape index (κ2) is 5.05. The van der Waals surface area contributed by atoms with Crippen molar-refractivity contribution in [2.45, 2.75) is 13.5 Å². The van der Waals surface area contributed by atoms with Gasteiger partial charge in [0.15, 0.2) is 17.4 Å². The van der Waals surface area contributed by atoms with E-state index in [0.29, 0.717) is 33.7 Å². The minimum Gasteiger partial charge on any atom is -0.492 e. The average molecular weight is 268 g/mol. The molecular weight excluding hydrogens is 256 g/mol. The highest BCUT2D eigenvalue weighted by Crippen LogP contribution is 2.42. The van der Waals surface area contributed by atoms with Crippen molar-refractivity contribution in [2.75, 3.05) is 18.2 Å². The first kappa shape index (κ1) is 12.4. The van der Waals surface area contributed by atoms with Crippen LogP contribution in [-0.4, -0.2) is 23.0 Å². The maximum atomic E-state index is 11.4. The van der Waals surface area contributed by atoms with E-state index >= 15 is 0 Å². The summed E-state index contributed by atoms with van der Waals surface area (Å²) < 4.78 is 9.80. The van der Waals surface area contributed by atoms with Crippen LogP contribution in [0, 0.1) is 0 Å². The second-order valence-corrected chi connectivity index (χ2v) is 4.49. The van der Waals surface area contributed by atoms with Gasteiger partial charge in [-0.15, -0.1) is 11.3 Å². The lowest BCUT2D eigenvalue weighted by atomic mass is 10.3. The van der Waals surface area contributed by atoms with E-state index in [2.05, 4.69) is 20.0 Å². The number of methoxy groups -OCH3 is 1. The van der Waals surface area contributed by atoms with Gasteiger partial charge in [-0.1, -0.05) is 5.16 Å². The molecule has 0 amide bonds. The monoisotopic (exact) mass is 268 g/mol. The highest BCUT2D eigenvalue weighted by atomic mass is 32.1. The summed E-state index contributed by atoms with van der Waals surface area (Å²) in [6.45, 7) is 1.83. The molecule has 0 aliphatic carbocycles. The second-order valence-electron chi connectivity index (χ2n) is 3.46. The summed E-state index contributed by atoms with van der Waals surface area (Å²) in [5.41, 5.74) is 6.19. The number of thiophene rings is 1. The minimum absolute atomic E-state index is 0.0941. The zero-order valence-electron chi connectivity index (χ0n) is 9.89. The van der Waals surface area contributed by atoms with Crippen molar-refractivity contribution in [1.82, 2.24) is 10.1 Å². The molecule has 0 bridgehead atoms. The number of rotatable bonds is 5. The molecule has 0 radical (unpaired) electrons. The van der Waals surface area contributed by atoms with Gasteiger partial charge in [0, 0.05) is 6.92 Å². The van der Waals surface area contributed by atoms with Crippen LogP contribution >= 0.6 is 11.3 Å². The average Bonchev–Trinajstić information content (AvgIpc) is 2.93. The molecule has 0 saturated heterocycles. The number of carbonyl (C=O) groups excluding carboxylic acids is 1. The number of hydrogen-bond donors (Lipinski definition) is 2. The van der Waals surface area contributed by atoms with Gasteiger partial charge in [-0.05, 0) is 0 Å². The lowest BCUT2D eigenvalue weighted by molar-refractivity contribution is 0.102. The van der Waals surface area contributed by atoms with Crippen LogP contribution in [0.5, 0.6) is 5.75 Å². The quantitative estimate of drug-likeness (QED) is 0.792. The number of aromatic nitrogens is 2. The van der Waals surface area contributed by atoms with E-state index in [1.54, 1.807) is 0 Å². The van der Waals surface area contributed by atoms with Gasteiger partial charge >= 0.3 is 0 Å². The molecule has 0 saturated carbocycles. The third-order valence-electron chi connectivity index (χ3n) is 2.24. The predicted octanol–water partition coefficient (Wildman–Crippen LogP) is 1.54. The van der Waals surface area contributed by atoms with Crippen LogP contribution in [0.4, 0.5) is 10.7 Å². The Kier molecular flexibility index (Phi) is 3.47. The molecule has 0 aromatic carbocycles. The highest BCUT2D eigenvalue weighted by molar-refractivity contribution is 7.19. The number of nitrogen functional groups attached to an aromatic ring is 1. The number of Topliss-reactive ketones (excluding diaryl/α,β-unsaturated/α-hetero) is 1. The number of ketones is 1. The first-order chi connectivity index (χ1) is 8.63. The van der Waals surface area contributed by atoms with Crippen molar-refractivity contribution < 1.29 is 14.1 Å². The van der Waals surface area contributed by atoms with Gasteiger partial charge in [-0.25, -0.2) is 0 Å². The van der Waals surface area contributed by atoms with Crippen LogP contribution in [0.3, 0.4) is 0 Å². The summed E-state index contributed by atoms with van der Waals surface area (Å²) in [5, 5.41) is 7.40. The van der Waals surface area contributed by atoms with E-state index in [1.165, 1.54) is 31.8 Å². The summed E-state index contributed by atoms with van der Waals surface area (Å²) in [4.78, 5) is 15.7. The number of ether oxygens (including phenoxy) is 1. The Balaban J connectivity index is 2.21. The van der Waals surface area contributed by atoms with Gasteiger partial charge < -0.3 is 20.3 Å². The predicted molar refractivity (Wildman–Crippen MR) is 66.9 cm³/mol. The Morgan fingerprint density at radius 3 is 3.00 bits per heavy atom. The molecule has 3 N–H and O–H groups in total. The summed E-state index contributed by atoms with van der Waals surface area (Å²) >= 11 is 1.24. The molecular formula is C10H12N4O3S. The number of nitrogens with one attached hydrogen (secondary N) is 1. The maximum Gasteiger partial charge on any atom is 0.213 e. The van der Waals surface area contributed by atoms with Crippen molar-refractivity contribution in [3.8, 4) is 5.75 Å². The van der Waals surface area contributed by atoms with E-state index in [4.69, 9.17) is 10.5 Å². The number of hydrogen-bond acceptors (Lipinski definition) is 8. The Bertz CT molecular complexity index is 550. The SMILES string of the molecule is COc1c(NCc2ncon2)sc(C(C)=O)c1N. The molecule has 0 unspecified atom stereocenters. The number of nitrogens with zero attached hydrogens (tertiary/aromatic N) is 2. The molecule has 96 valence electrons. The van der Waals surface area contributed by atoms with Crippen molar-refractivity contribution in [1.29, 1.82) is 0 Å². The minimum atomic E-state index is -0.0941. The van der Waals surface area contributed by atoms with Gasteiger partial charge in [0.2, 0.25) is 6.39 Å². The van der Waals surface area contributed by atoms with Gasteiger partial charge in [0.25, 0.3) is 0 Å². The first-order valence-electron chi connectivity index (χ1n) is 5.09. The lowest BCUT2D eigenvalue weighted by Gasteiger charge is -2.04. The third kappa shape index (κ3) is 2.28. The van der Waals surface area contributed by atoms with Crippen molar-refractivity contribution in [3.05, 3.63) is 17.1 Å². The standard InChI is InChI=1S/C10H12N4O3S/c1-5(15)9-7(11)8(16-2)10(18-9)12-3-6-13-4-17-14-6/h4,12H,3,11H2,1-2H3. The molecule has 18 heavy (non-hydrogen) atoms. The Hall–Kier alpha value is -2.09. The number of nitrogens with two attached hydrogens (primary N) is 1. The lowest BCUT2D eigenvalue weighted by Crippen LogP contribution is -2.01. The fraction of sp³-hybridized carbons (Fsp3) is 0.300. The molecule has 2 aromatic rings. The fourth-order valence-electron chi connectivity index (χ4n) is 1.44. The van der Waals surface area contributed by atoms with E-state index in [-0.39, 0.29) is 5.78 Å². The van der Waals surface area contributed by atoms with Gasteiger partial charge in [-0.3, -0.25) is 4.79 Å². The zero-order valence-corrected chi connectivity index (χ0v) is 10.7. The van der Waals surface area contributed by atoms with Crippen LogP contribution in [0.15, 0.2) is 10.9 Å². The molecule has 0 atom stereocenters. The molecule has 7 nitrogen and oxygen atoms in total. The number of anilines is 2. The smallest absolute Gasteiger partial charge is 0.213 e. The summed E-state index contributed by atoms with van der Waals surface area (Å²) in [5.74, 6) is 0.880. The summed E-state index contributed by atoms with van der Waals surface area (Å²) in [6, 6.07) is 0. The largest absolute Gasteiger partial charge is 0.492 e. The molecule has 2 rings (SSSR count). The van der Waals surface area contributed by atoms with E-state index in [1.807, 2.05) is 0 Å². The zero-order chi connectivity index (χ0) is 13.1. The van der Waals surface area contributed by atoms with Crippen molar-refractivity contribution >= 4 is 27.8 Å². The molecule has 0 aliphatic rings. The topological polar surface area (TPSA) is 103 Å². The van der Waals surface area contributed by atoms with E-state index < -0.39 is 0 Å². The summed E-state index contributed by atoms with van der Waals surface area (Å²) in [6.07, 6.45) is 1.25. The molecule has 0 aliphatic heterocycles. The first-order valence-corrected chi connectivity index (χ1v) is 5.91. The van der Waals surface area contributed by atoms with Crippen LogP contribution in [-0.2, 0) is 6.54 Å². The number of carbonyl (C=O) groups is 1. The van der Waals surface area contributed by atoms with Crippen LogP contribution in [0.2, 0.25) is 0 Å². The van der Waals surface area contributed by atoms with Gasteiger partial charge in [0.1, 0.15) is 5.00 Å². The Morgan fingerprint density at radius 2 is 2.44 bits per heavy atom. The van der Waals surface area contributed by atoms with Gasteiger partial charge in [-0.2, -0.15) is 4.98 Å². The third-order valence-corrected chi connectivity index (χ3v) is 3.48. The van der Waals surface area contributed by atoms with Crippen molar-refractivity contribution in [3.63, 3.8) is 0 Å². The Labute approximate surface area is 107 Å². The Morgan fingerprint density at radius 1 is 1.67 bits per heavy atom. The molecule has 8 heteroatoms. The normalized spacial score (nSPS) is 10.3. The van der Waals surface area contributed by atoms with E-state index in [0.717, 1.165) is 0 Å². The molecule has 0 fully saturated rings. The van der Waals surface area contributed by atoms with Crippen LogP contribution in [0.1, 0.15) is 22.4 Å². The van der Waals surface area contributed by atoms with Crippen LogP contribution in [0.25, 0.3) is 0 Å². The summed E-state index contributed by atoms with van der Waals surface area (Å²) in [7, 11) is 1.50. The van der Waals surface area contributed by atoms with Crippen LogP contribution < -0.4 is 15.8 Å². The van der Waals surface area contributed by atoms with Crippen molar-refractivity contribution in [2.24, 2.45) is 0 Å².